The Bertz CT molecular complexity index is 702. The van der Waals surface area contributed by atoms with Crippen LogP contribution >= 0.6 is 11.3 Å². The Balaban J connectivity index is 1.95. The van der Waals surface area contributed by atoms with Crippen LogP contribution in [0, 0.1) is 0 Å². The van der Waals surface area contributed by atoms with Crippen molar-refractivity contribution in [2.75, 3.05) is 4.90 Å². The zero-order valence-corrected chi connectivity index (χ0v) is 13.4. The molecule has 6 heteroatoms. The molecular weight excluding hydrogens is 298 g/mol. The highest BCUT2D eigenvalue weighted by Crippen LogP contribution is 2.29. The lowest BCUT2D eigenvalue weighted by Crippen LogP contribution is -2.42. The summed E-state index contributed by atoms with van der Waals surface area (Å²) in [6.07, 6.45) is 5.58. The first kappa shape index (κ1) is 15.0. The van der Waals surface area contributed by atoms with Gasteiger partial charge in [0.15, 0.2) is 0 Å². The van der Waals surface area contributed by atoms with E-state index in [1.165, 1.54) is 23.2 Å². The van der Waals surface area contributed by atoms with Gasteiger partial charge in [-0.2, -0.15) is 16.4 Å². The SMILES string of the molecule is Cn1nc(C(=O)N(c2ccsc2)C2CCCCC2)ccc1=O. The minimum absolute atomic E-state index is 0.124. The van der Waals surface area contributed by atoms with E-state index < -0.39 is 0 Å². The number of amides is 1. The fourth-order valence-corrected chi connectivity index (χ4v) is 3.60. The molecule has 0 spiro atoms. The lowest BCUT2D eigenvalue weighted by atomic mass is 9.93. The number of aryl methyl sites for hydroxylation is 1. The molecule has 2 heterocycles. The van der Waals surface area contributed by atoms with Crippen molar-refractivity contribution in [1.82, 2.24) is 9.78 Å². The Labute approximate surface area is 133 Å². The van der Waals surface area contributed by atoms with E-state index in [4.69, 9.17) is 0 Å². The summed E-state index contributed by atoms with van der Waals surface area (Å²) in [6, 6.07) is 5.11. The van der Waals surface area contributed by atoms with Crippen molar-refractivity contribution in [3.05, 3.63) is 45.0 Å². The summed E-state index contributed by atoms with van der Waals surface area (Å²) < 4.78 is 1.21. The number of hydrogen-bond acceptors (Lipinski definition) is 4. The van der Waals surface area contributed by atoms with Crippen molar-refractivity contribution in [3.63, 3.8) is 0 Å². The summed E-state index contributed by atoms with van der Waals surface area (Å²) in [5.74, 6) is -0.124. The fourth-order valence-electron chi connectivity index (χ4n) is 2.97. The third-order valence-electron chi connectivity index (χ3n) is 4.12. The zero-order valence-electron chi connectivity index (χ0n) is 12.6. The highest BCUT2D eigenvalue weighted by Gasteiger charge is 2.29. The van der Waals surface area contributed by atoms with E-state index >= 15 is 0 Å². The summed E-state index contributed by atoms with van der Waals surface area (Å²) in [6.45, 7) is 0. The highest BCUT2D eigenvalue weighted by atomic mass is 32.1. The molecule has 1 saturated carbocycles. The quantitative estimate of drug-likeness (QED) is 0.874. The van der Waals surface area contributed by atoms with E-state index in [0.29, 0.717) is 5.69 Å². The Morgan fingerprint density at radius 3 is 2.68 bits per heavy atom. The van der Waals surface area contributed by atoms with Crippen molar-refractivity contribution in [2.24, 2.45) is 7.05 Å². The van der Waals surface area contributed by atoms with Crippen LogP contribution in [0.15, 0.2) is 33.8 Å². The molecule has 0 bridgehead atoms. The minimum atomic E-state index is -0.212. The second kappa shape index (κ2) is 6.44. The van der Waals surface area contributed by atoms with Gasteiger partial charge in [-0.1, -0.05) is 19.3 Å². The van der Waals surface area contributed by atoms with Crippen LogP contribution in [0.2, 0.25) is 0 Å². The molecular formula is C16H19N3O2S. The van der Waals surface area contributed by atoms with E-state index in [9.17, 15) is 9.59 Å². The fraction of sp³-hybridized carbons (Fsp3) is 0.438. The van der Waals surface area contributed by atoms with Crippen molar-refractivity contribution in [2.45, 2.75) is 38.1 Å². The van der Waals surface area contributed by atoms with Gasteiger partial charge in [-0.3, -0.25) is 9.59 Å². The molecule has 5 nitrogen and oxygen atoms in total. The van der Waals surface area contributed by atoms with Gasteiger partial charge in [0.2, 0.25) is 0 Å². The average molecular weight is 317 g/mol. The largest absolute Gasteiger partial charge is 0.303 e. The Kier molecular flexibility index (Phi) is 4.38. The Hall–Kier alpha value is -1.95. The van der Waals surface area contributed by atoms with Crippen LogP contribution in [-0.2, 0) is 7.05 Å². The van der Waals surface area contributed by atoms with Gasteiger partial charge >= 0.3 is 0 Å². The molecule has 1 aliphatic carbocycles. The summed E-state index contributed by atoms with van der Waals surface area (Å²) in [4.78, 5) is 26.3. The first-order chi connectivity index (χ1) is 10.7. The van der Waals surface area contributed by atoms with Gasteiger partial charge in [0, 0.05) is 24.5 Å². The second-order valence-corrected chi connectivity index (χ2v) is 6.41. The topological polar surface area (TPSA) is 55.2 Å². The number of carbonyl (C=O) groups is 1. The number of nitrogens with zero attached hydrogens (tertiary/aromatic N) is 3. The number of aromatic nitrogens is 2. The monoisotopic (exact) mass is 317 g/mol. The maximum atomic E-state index is 13.0. The van der Waals surface area contributed by atoms with Gasteiger partial charge in [-0.15, -0.1) is 0 Å². The maximum Gasteiger partial charge on any atom is 0.278 e. The molecule has 0 unspecified atom stereocenters. The third-order valence-corrected chi connectivity index (χ3v) is 4.79. The van der Waals surface area contributed by atoms with E-state index in [0.717, 1.165) is 31.4 Å². The number of rotatable bonds is 3. The smallest absolute Gasteiger partial charge is 0.278 e. The number of hydrogen-bond donors (Lipinski definition) is 0. The molecule has 0 saturated heterocycles. The molecule has 1 aliphatic rings. The number of thiophene rings is 1. The maximum absolute atomic E-state index is 13.0. The molecule has 2 aromatic rings. The molecule has 0 N–H and O–H groups in total. The lowest BCUT2D eigenvalue weighted by molar-refractivity contribution is 0.0963. The first-order valence-corrected chi connectivity index (χ1v) is 8.51. The van der Waals surface area contributed by atoms with Crippen molar-refractivity contribution in [3.8, 4) is 0 Å². The van der Waals surface area contributed by atoms with E-state index in [2.05, 4.69) is 5.10 Å². The predicted molar refractivity (Wildman–Crippen MR) is 87.5 cm³/mol. The van der Waals surface area contributed by atoms with Gasteiger partial charge in [0.25, 0.3) is 11.5 Å². The Morgan fingerprint density at radius 1 is 1.27 bits per heavy atom. The van der Waals surface area contributed by atoms with Gasteiger partial charge in [0.05, 0.1) is 5.69 Å². The van der Waals surface area contributed by atoms with Gasteiger partial charge in [0.1, 0.15) is 5.69 Å². The van der Waals surface area contributed by atoms with E-state index in [-0.39, 0.29) is 17.5 Å². The van der Waals surface area contributed by atoms with Crippen LogP contribution in [0.25, 0.3) is 0 Å². The minimum Gasteiger partial charge on any atom is -0.303 e. The molecule has 1 amide bonds. The average Bonchev–Trinajstić information content (AvgIpc) is 3.05. The molecule has 0 aliphatic heterocycles. The molecule has 3 rings (SSSR count). The summed E-state index contributed by atoms with van der Waals surface area (Å²) in [7, 11) is 1.56. The van der Waals surface area contributed by atoms with Crippen LogP contribution in [0.5, 0.6) is 0 Å². The lowest BCUT2D eigenvalue weighted by Gasteiger charge is -2.33. The predicted octanol–water partition coefficient (Wildman–Crippen LogP) is 2.82. The molecule has 0 radical (unpaired) electrons. The van der Waals surface area contributed by atoms with Crippen LogP contribution in [0.4, 0.5) is 5.69 Å². The molecule has 22 heavy (non-hydrogen) atoms. The second-order valence-electron chi connectivity index (χ2n) is 5.63. The highest BCUT2D eigenvalue weighted by molar-refractivity contribution is 7.08. The molecule has 1 fully saturated rings. The zero-order chi connectivity index (χ0) is 15.5. The molecule has 2 aromatic heterocycles. The molecule has 0 atom stereocenters. The van der Waals surface area contributed by atoms with Crippen molar-refractivity contribution in [1.29, 1.82) is 0 Å². The van der Waals surface area contributed by atoms with E-state index in [1.807, 2.05) is 21.7 Å². The normalized spacial score (nSPS) is 15.7. The van der Waals surface area contributed by atoms with Gasteiger partial charge < -0.3 is 4.90 Å². The number of carbonyl (C=O) groups excluding carboxylic acids is 1. The van der Waals surface area contributed by atoms with Gasteiger partial charge in [-0.25, -0.2) is 4.68 Å². The third kappa shape index (κ3) is 2.97. The van der Waals surface area contributed by atoms with Crippen molar-refractivity contribution >= 4 is 22.9 Å². The summed E-state index contributed by atoms with van der Waals surface area (Å²) in [5.41, 5.74) is 1.03. The Morgan fingerprint density at radius 2 is 2.05 bits per heavy atom. The van der Waals surface area contributed by atoms with Crippen LogP contribution < -0.4 is 10.5 Å². The molecule has 116 valence electrons. The van der Waals surface area contributed by atoms with Crippen molar-refractivity contribution < 1.29 is 4.79 Å². The van der Waals surface area contributed by atoms with Gasteiger partial charge in [-0.05, 0) is 30.4 Å². The van der Waals surface area contributed by atoms with Crippen LogP contribution in [0.3, 0.4) is 0 Å². The first-order valence-electron chi connectivity index (χ1n) is 7.57. The number of anilines is 1. The standard InChI is InChI=1S/C16H19N3O2S/c1-18-15(20)8-7-14(17-18)16(21)19(13-9-10-22-11-13)12-5-3-2-4-6-12/h7-12H,2-6H2,1H3. The molecule has 0 aromatic carbocycles. The van der Waals surface area contributed by atoms with Crippen LogP contribution in [-0.4, -0.2) is 21.7 Å². The van der Waals surface area contributed by atoms with E-state index in [1.54, 1.807) is 18.4 Å². The summed E-state index contributed by atoms with van der Waals surface area (Å²) in [5, 5.41) is 8.09. The summed E-state index contributed by atoms with van der Waals surface area (Å²) >= 11 is 1.58. The van der Waals surface area contributed by atoms with Crippen LogP contribution in [0.1, 0.15) is 42.6 Å².